The van der Waals surface area contributed by atoms with Gasteiger partial charge in [-0.25, -0.2) is 4.39 Å². The first-order valence-electron chi connectivity index (χ1n) is 7.52. The van der Waals surface area contributed by atoms with Crippen LogP contribution in [-0.2, 0) is 0 Å². The molecule has 21 heavy (non-hydrogen) atoms. The zero-order chi connectivity index (χ0) is 15.2. The molecule has 0 saturated carbocycles. The van der Waals surface area contributed by atoms with Gasteiger partial charge in [-0.2, -0.15) is 0 Å². The minimum absolute atomic E-state index is 0.102. The van der Waals surface area contributed by atoms with Crippen LogP contribution in [0.3, 0.4) is 0 Å². The molecule has 0 radical (unpaired) electrons. The lowest BCUT2D eigenvalue weighted by Gasteiger charge is -2.30. The van der Waals surface area contributed by atoms with Crippen molar-refractivity contribution in [1.29, 1.82) is 0 Å². The van der Waals surface area contributed by atoms with E-state index in [1.807, 2.05) is 0 Å². The summed E-state index contributed by atoms with van der Waals surface area (Å²) in [7, 11) is 0. The summed E-state index contributed by atoms with van der Waals surface area (Å²) in [5, 5.41) is 2.79. The lowest BCUT2D eigenvalue weighted by Crippen LogP contribution is -2.35. The minimum atomic E-state index is -0.494. The maximum atomic E-state index is 13.6. The SMILES string of the molecule is CC1CCN(CCCNC(=O)c2ccc(Br)cc2F)CC1. The molecule has 1 fully saturated rings. The summed E-state index contributed by atoms with van der Waals surface area (Å²) in [6.45, 7) is 6.17. The van der Waals surface area contributed by atoms with Crippen molar-refractivity contribution in [2.75, 3.05) is 26.2 Å². The van der Waals surface area contributed by atoms with Crippen molar-refractivity contribution >= 4 is 21.8 Å². The topological polar surface area (TPSA) is 32.3 Å². The number of rotatable bonds is 5. The number of likely N-dealkylation sites (tertiary alicyclic amines) is 1. The van der Waals surface area contributed by atoms with Crippen LogP contribution >= 0.6 is 15.9 Å². The number of hydrogen-bond donors (Lipinski definition) is 1. The maximum Gasteiger partial charge on any atom is 0.254 e. The molecule has 1 saturated heterocycles. The van der Waals surface area contributed by atoms with E-state index in [1.54, 1.807) is 6.07 Å². The summed E-state index contributed by atoms with van der Waals surface area (Å²) in [5.41, 5.74) is 0.102. The van der Waals surface area contributed by atoms with Crippen LogP contribution in [0.25, 0.3) is 0 Å². The second kappa shape index (κ2) is 7.90. The van der Waals surface area contributed by atoms with Gasteiger partial charge in [0.1, 0.15) is 5.82 Å². The lowest BCUT2D eigenvalue weighted by atomic mass is 9.99. The third-order valence-electron chi connectivity index (χ3n) is 3.99. The van der Waals surface area contributed by atoms with E-state index >= 15 is 0 Å². The van der Waals surface area contributed by atoms with Crippen molar-refractivity contribution in [3.63, 3.8) is 0 Å². The van der Waals surface area contributed by atoms with Crippen LogP contribution in [0.2, 0.25) is 0 Å². The quantitative estimate of drug-likeness (QED) is 0.819. The number of carbonyl (C=O) groups is 1. The molecule has 1 amide bonds. The Kier molecular flexibility index (Phi) is 6.18. The van der Waals surface area contributed by atoms with Crippen molar-refractivity contribution in [1.82, 2.24) is 10.2 Å². The van der Waals surface area contributed by atoms with Crippen LogP contribution in [0.4, 0.5) is 4.39 Å². The molecule has 5 heteroatoms. The molecule has 116 valence electrons. The summed E-state index contributed by atoms with van der Waals surface area (Å²) in [4.78, 5) is 14.3. The minimum Gasteiger partial charge on any atom is -0.352 e. The predicted molar refractivity (Wildman–Crippen MR) is 85.9 cm³/mol. The fraction of sp³-hybridized carbons (Fsp3) is 0.562. The van der Waals surface area contributed by atoms with E-state index in [0.29, 0.717) is 11.0 Å². The number of nitrogens with zero attached hydrogens (tertiary/aromatic N) is 1. The average molecular weight is 357 g/mol. The fourth-order valence-electron chi connectivity index (χ4n) is 2.56. The maximum absolute atomic E-state index is 13.6. The van der Waals surface area contributed by atoms with Gasteiger partial charge in [-0.3, -0.25) is 4.79 Å². The summed E-state index contributed by atoms with van der Waals surface area (Å²) in [6, 6.07) is 4.48. The van der Waals surface area contributed by atoms with Gasteiger partial charge in [-0.05, 0) is 63.0 Å². The Morgan fingerprint density at radius 1 is 1.43 bits per heavy atom. The molecule has 1 aromatic carbocycles. The summed E-state index contributed by atoms with van der Waals surface area (Å²) < 4.78 is 14.3. The smallest absolute Gasteiger partial charge is 0.254 e. The third-order valence-corrected chi connectivity index (χ3v) is 4.48. The van der Waals surface area contributed by atoms with Crippen molar-refractivity contribution in [2.45, 2.75) is 26.2 Å². The van der Waals surface area contributed by atoms with E-state index in [4.69, 9.17) is 0 Å². The monoisotopic (exact) mass is 356 g/mol. The van der Waals surface area contributed by atoms with Crippen LogP contribution in [0.1, 0.15) is 36.5 Å². The van der Waals surface area contributed by atoms with Gasteiger partial charge < -0.3 is 10.2 Å². The van der Waals surface area contributed by atoms with Crippen LogP contribution in [0, 0.1) is 11.7 Å². The fourth-order valence-corrected chi connectivity index (χ4v) is 2.89. The van der Waals surface area contributed by atoms with Gasteiger partial charge in [-0.1, -0.05) is 22.9 Å². The molecule has 1 aromatic rings. The van der Waals surface area contributed by atoms with Gasteiger partial charge in [0.2, 0.25) is 0 Å². The van der Waals surface area contributed by atoms with Gasteiger partial charge in [0, 0.05) is 11.0 Å². The van der Waals surface area contributed by atoms with E-state index < -0.39 is 5.82 Å². The number of carbonyl (C=O) groups excluding carboxylic acids is 1. The Morgan fingerprint density at radius 3 is 2.81 bits per heavy atom. The predicted octanol–water partition coefficient (Wildman–Crippen LogP) is 3.44. The largest absolute Gasteiger partial charge is 0.352 e. The molecule has 0 spiro atoms. The molecule has 2 rings (SSSR count). The lowest BCUT2D eigenvalue weighted by molar-refractivity contribution is 0.0946. The van der Waals surface area contributed by atoms with E-state index in [1.165, 1.54) is 25.0 Å². The molecule has 0 aromatic heterocycles. The van der Waals surface area contributed by atoms with Crippen molar-refractivity contribution in [3.05, 3.63) is 34.1 Å². The highest BCUT2D eigenvalue weighted by atomic mass is 79.9. The first-order valence-corrected chi connectivity index (χ1v) is 8.31. The van der Waals surface area contributed by atoms with E-state index in [2.05, 4.69) is 33.1 Å². The zero-order valence-corrected chi connectivity index (χ0v) is 14.0. The summed E-state index contributed by atoms with van der Waals surface area (Å²) in [5.74, 6) is 0.000456. The first-order chi connectivity index (χ1) is 10.1. The Morgan fingerprint density at radius 2 is 2.14 bits per heavy atom. The number of halogens is 2. The Bertz CT molecular complexity index is 487. The van der Waals surface area contributed by atoms with E-state index in [9.17, 15) is 9.18 Å². The Hall–Kier alpha value is -0.940. The van der Waals surface area contributed by atoms with Gasteiger partial charge in [0.05, 0.1) is 5.56 Å². The van der Waals surface area contributed by atoms with Crippen LogP contribution in [0.15, 0.2) is 22.7 Å². The Labute approximate surface area is 134 Å². The van der Waals surface area contributed by atoms with Crippen molar-refractivity contribution in [3.8, 4) is 0 Å². The standard InChI is InChI=1S/C16H22BrFN2O/c1-12-5-9-20(10-6-12)8-2-7-19-16(21)14-4-3-13(17)11-15(14)18/h3-4,11-12H,2,5-10H2,1H3,(H,19,21). The van der Waals surface area contributed by atoms with Gasteiger partial charge in [-0.15, -0.1) is 0 Å². The van der Waals surface area contributed by atoms with Crippen LogP contribution in [-0.4, -0.2) is 37.0 Å². The highest BCUT2D eigenvalue weighted by molar-refractivity contribution is 9.10. The molecule has 0 bridgehead atoms. The van der Waals surface area contributed by atoms with Crippen molar-refractivity contribution < 1.29 is 9.18 Å². The van der Waals surface area contributed by atoms with Gasteiger partial charge >= 0.3 is 0 Å². The number of amides is 1. The van der Waals surface area contributed by atoms with Crippen LogP contribution in [0.5, 0.6) is 0 Å². The summed E-state index contributed by atoms with van der Waals surface area (Å²) in [6.07, 6.45) is 3.42. The molecular formula is C16H22BrFN2O. The molecule has 1 N–H and O–H groups in total. The molecule has 0 aliphatic carbocycles. The normalized spacial score (nSPS) is 16.9. The molecular weight excluding hydrogens is 335 g/mol. The van der Waals surface area contributed by atoms with Crippen LogP contribution < -0.4 is 5.32 Å². The van der Waals surface area contributed by atoms with Crippen molar-refractivity contribution in [2.24, 2.45) is 5.92 Å². The number of piperidine rings is 1. The Balaban J connectivity index is 1.69. The number of hydrogen-bond acceptors (Lipinski definition) is 2. The van der Waals surface area contributed by atoms with Gasteiger partial charge in [0.25, 0.3) is 5.91 Å². The highest BCUT2D eigenvalue weighted by Gasteiger charge is 2.15. The van der Waals surface area contributed by atoms with E-state index in [-0.39, 0.29) is 11.5 Å². The second-order valence-electron chi connectivity index (χ2n) is 5.76. The molecule has 0 unspecified atom stereocenters. The second-order valence-corrected chi connectivity index (χ2v) is 6.67. The number of nitrogens with one attached hydrogen (secondary N) is 1. The third kappa shape index (κ3) is 5.08. The molecule has 1 aliphatic heterocycles. The number of benzene rings is 1. The molecule has 1 heterocycles. The zero-order valence-electron chi connectivity index (χ0n) is 12.4. The molecule has 3 nitrogen and oxygen atoms in total. The molecule has 0 atom stereocenters. The summed E-state index contributed by atoms with van der Waals surface area (Å²) >= 11 is 3.18. The van der Waals surface area contributed by atoms with Gasteiger partial charge in [0.15, 0.2) is 0 Å². The van der Waals surface area contributed by atoms with E-state index in [0.717, 1.165) is 32.0 Å². The average Bonchev–Trinajstić information content (AvgIpc) is 2.45. The first kappa shape index (κ1) is 16.4. The molecule has 1 aliphatic rings. The highest BCUT2D eigenvalue weighted by Crippen LogP contribution is 2.16.